The van der Waals surface area contributed by atoms with Crippen LogP contribution in [0.5, 0.6) is 0 Å². The molecule has 5 heterocycles. The molecular weight excluding hydrogens is 550 g/mol. The molecule has 0 amide bonds. The lowest BCUT2D eigenvalue weighted by atomic mass is 10.1. The van der Waals surface area contributed by atoms with Gasteiger partial charge in [0.1, 0.15) is 11.4 Å². The summed E-state index contributed by atoms with van der Waals surface area (Å²) in [6.07, 6.45) is 10.8. The Labute approximate surface area is 242 Å². The number of hydrogen-bond acceptors (Lipinski definition) is 8. The van der Waals surface area contributed by atoms with Crippen LogP contribution in [0.3, 0.4) is 0 Å². The van der Waals surface area contributed by atoms with Gasteiger partial charge in [-0.05, 0) is 50.5 Å². The van der Waals surface area contributed by atoms with Crippen molar-refractivity contribution >= 4 is 20.9 Å². The molecule has 7 rings (SSSR count). The molecule has 0 spiro atoms. The van der Waals surface area contributed by atoms with Gasteiger partial charge in [-0.3, -0.25) is 4.98 Å². The van der Waals surface area contributed by atoms with Crippen molar-refractivity contribution in [3.63, 3.8) is 0 Å². The molecule has 42 heavy (non-hydrogen) atoms. The van der Waals surface area contributed by atoms with Crippen LogP contribution in [0.15, 0.2) is 79.5 Å². The maximum absolute atomic E-state index is 12.5. The molecule has 1 saturated carbocycles. The Balaban J connectivity index is 1.16. The van der Waals surface area contributed by atoms with Gasteiger partial charge < -0.3 is 4.57 Å². The molecule has 5 aromatic heterocycles. The maximum atomic E-state index is 12.5. The summed E-state index contributed by atoms with van der Waals surface area (Å²) >= 11 is 0. The number of fused-ring (bicyclic) bond motifs is 1. The van der Waals surface area contributed by atoms with Crippen LogP contribution in [0.2, 0.25) is 0 Å². The zero-order valence-electron chi connectivity index (χ0n) is 23.2. The van der Waals surface area contributed by atoms with E-state index < -0.39 is 10.0 Å². The van der Waals surface area contributed by atoms with Crippen molar-refractivity contribution in [2.24, 2.45) is 0 Å². The van der Waals surface area contributed by atoms with E-state index in [9.17, 15) is 8.42 Å². The average Bonchev–Trinajstić information content (AvgIpc) is 3.37. The van der Waals surface area contributed by atoms with Crippen LogP contribution in [-0.2, 0) is 23.0 Å². The summed E-state index contributed by atoms with van der Waals surface area (Å²) in [4.78, 5) is 15.5. The zero-order valence-corrected chi connectivity index (χ0v) is 24.1. The van der Waals surface area contributed by atoms with Gasteiger partial charge in [0.2, 0.25) is 0 Å². The van der Waals surface area contributed by atoms with Gasteiger partial charge in [-0.1, -0.05) is 30.3 Å². The molecule has 1 aliphatic carbocycles. The number of nitrogens with zero attached hydrogens (tertiary/aromatic N) is 9. The van der Waals surface area contributed by atoms with E-state index in [1.54, 1.807) is 23.3 Å². The summed E-state index contributed by atoms with van der Waals surface area (Å²) in [5.74, 6) is 0.379. The van der Waals surface area contributed by atoms with Gasteiger partial charge >= 0.3 is 0 Å². The lowest BCUT2D eigenvalue weighted by molar-refractivity contribution is 0.579. The molecule has 0 radical (unpaired) electrons. The van der Waals surface area contributed by atoms with Gasteiger partial charge in [0.25, 0.3) is 10.0 Å². The molecule has 6 aromatic rings. The van der Waals surface area contributed by atoms with Crippen molar-refractivity contribution in [3.05, 3.63) is 96.5 Å². The zero-order chi connectivity index (χ0) is 28.8. The van der Waals surface area contributed by atoms with Crippen LogP contribution < -0.4 is 0 Å². The van der Waals surface area contributed by atoms with Gasteiger partial charge in [-0.15, -0.1) is 0 Å². The van der Waals surface area contributed by atoms with E-state index in [0.29, 0.717) is 37.3 Å². The number of rotatable bonds is 9. The number of aromatic nitrogens is 9. The largest absolute Gasteiger partial charge is 0.344 e. The smallest absolute Gasteiger partial charge is 0.256 e. The van der Waals surface area contributed by atoms with Crippen LogP contribution >= 0.6 is 0 Å². The molecule has 0 unspecified atom stereocenters. The first-order chi connectivity index (χ1) is 20.3. The highest BCUT2D eigenvalue weighted by molar-refractivity contribution is 7.90. The second kappa shape index (κ2) is 10.3. The van der Waals surface area contributed by atoms with Crippen molar-refractivity contribution < 1.29 is 8.42 Å². The fourth-order valence-corrected chi connectivity index (χ4v) is 6.52. The summed E-state index contributed by atoms with van der Waals surface area (Å²) < 4.78 is 28.3. The van der Waals surface area contributed by atoms with Gasteiger partial charge in [0.05, 0.1) is 29.2 Å². The number of hydrogen-bond donors (Lipinski definition) is 0. The molecule has 12 heteroatoms. The molecule has 0 aliphatic heterocycles. The Morgan fingerprint density at radius 3 is 2.57 bits per heavy atom. The standard InChI is InChI=1S/C30H29N9O2S/c1-20(2)37-19-26(28-17-33-38(35-28)18-21-6-4-3-5-7-21)25-16-32-23(15-29(25)37)14-22-10-12-31-30(34-22)27-11-13-39(36-27)42(40,41)24-8-9-24/h3-7,10-13,15-17,19-20,24H,8-9,14,18H2,1-2H3. The quantitative estimate of drug-likeness (QED) is 0.245. The van der Waals surface area contributed by atoms with Crippen molar-refractivity contribution in [1.29, 1.82) is 0 Å². The molecule has 0 N–H and O–H groups in total. The normalized spacial score (nSPS) is 13.8. The third kappa shape index (κ3) is 4.98. The summed E-state index contributed by atoms with van der Waals surface area (Å²) in [7, 11) is -3.45. The third-order valence-electron chi connectivity index (χ3n) is 7.39. The second-order valence-corrected chi connectivity index (χ2v) is 12.9. The molecule has 0 saturated heterocycles. The summed E-state index contributed by atoms with van der Waals surface area (Å²) in [5, 5.41) is 14.2. The highest BCUT2D eigenvalue weighted by Gasteiger charge is 2.37. The molecule has 0 bridgehead atoms. The Morgan fingerprint density at radius 1 is 0.952 bits per heavy atom. The van der Waals surface area contributed by atoms with Gasteiger partial charge in [0.15, 0.2) is 5.82 Å². The molecule has 1 fully saturated rings. The fraction of sp³-hybridized carbons (Fsp3) is 0.267. The average molecular weight is 580 g/mol. The van der Waals surface area contributed by atoms with E-state index in [2.05, 4.69) is 63.0 Å². The highest BCUT2D eigenvalue weighted by atomic mass is 32.2. The van der Waals surface area contributed by atoms with Crippen LogP contribution in [0.25, 0.3) is 33.7 Å². The van der Waals surface area contributed by atoms with Crippen LogP contribution in [0.1, 0.15) is 49.7 Å². The van der Waals surface area contributed by atoms with E-state index in [1.165, 1.54) is 6.20 Å². The Bertz CT molecular complexity index is 2000. The number of benzene rings is 1. The predicted octanol–water partition coefficient (Wildman–Crippen LogP) is 4.51. The van der Waals surface area contributed by atoms with Crippen molar-refractivity contribution in [2.75, 3.05) is 0 Å². The first kappa shape index (κ1) is 26.2. The molecule has 0 atom stereocenters. The minimum atomic E-state index is -3.45. The van der Waals surface area contributed by atoms with Crippen molar-refractivity contribution in [1.82, 2.24) is 43.7 Å². The van der Waals surface area contributed by atoms with E-state index >= 15 is 0 Å². The Hall–Kier alpha value is -4.71. The van der Waals surface area contributed by atoms with Crippen LogP contribution in [-0.4, -0.2) is 57.4 Å². The maximum Gasteiger partial charge on any atom is 0.256 e. The summed E-state index contributed by atoms with van der Waals surface area (Å²) in [5.41, 5.74) is 6.02. The van der Waals surface area contributed by atoms with Gasteiger partial charge in [-0.25, -0.2) is 18.4 Å². The Morgan fingerprint density at radius 2 is 1.79 bits per heavy atom. The lowest BCUT2D eigenvalue weighted by Gasteiger charge is -2.10. The van der Waals surface area contributed by atoms with Crippen molar-refractivity contribution in [3.8, 4) is 22.8 Å². The first-order valence-corrected chi connectivity index (χ1v) is 15.4. The lowest BCUT2D eigenvalue weighted by Crippen LogP contribution is -2.17. The fourth-order valence-electron chi connectivity index (χ4n) is 5.05. The topological polar surface area (TPSA) is 126 Å². The Kier molecular flexibility index (Phi) is 6.42. The molecule has 1 aliphatic rings. The molecule has 11 nitrogen and oxygen atoms in total. The number of pyridine rings is 1. The molecule has 212 valence electrons. The first-order valence-electron chi connectivity index (χ1n) is 13.9. The minimum Gasteiger partial charge on any atom is -0.344 e. The second-order valence-electron chi connectivity index (χ2n) is 10.8. The SMILES string of the molecule is CC(C)n1cc(-c2cnn(Cc3ccccc3)n2)c2cnc(Cc3ccnc(-c4ccn(S(=O)(=O)C5CC5)n4)n3)cc21. The minimum absolute atomic E-state index is 0.226. The van der Waals surface area contributed by atoms with E-state index in [1.807, 2.05) is 30.5 Å². The van der Waals surface area contributed by atoms with Gasteiger partial charge in [0, 0.05) is 53.9 Å². The van der Waals surface area contributed by atoms with E-state index in [0.717, 1.165) is 43.2 Å². The van der Waals surface area contributed by atoms with E-state index in [-0.39, 0.29) is 11.3 Å². The van der Waals surface area contributed by atoms with Crippen molar-refractivity contribution in [2.45, 2.75) is 50.9 Å². The predicted molar refractivity (Wildman–Crippen MR) is 158 cm³/mol. The highest BCUT2D eigenvalue weighted by Crippen LogP contribution is 2.32. The monoisotopic (exact) mass is 579 g/mol. The third-order valence-corrected chi connectivity index (χ3v) is 9.43. The molecule has 1 aromatic carbocycles. The van der Waals surface area contributed by atoms with Crippen LogP contribution in [0.4, 0.5) is 0 Å². The van der Waals surface area contributed by atoms with Crippen LogP contribution in [0, 0.1) is 0 Å². The van der Waals surface area contributed by atoms with E-state index in [4.69, 9.17) is 10.1 Å². The van der Waals surface area contributed by atoms with Gasteiger partial charge in [-0.2, -0.15) is 24.2 Å². The summed E-state index contributed by atoms with van der Waals surface area (Å²) in [6.45, 7) is 4.90. The molecular formula is C30H29N9O2S. The summed E-state index contributed by atoms with van der Waals surface area (Å²) in [6, 6.07) is 15.9.